The summed E-state index contributed by atoms with van der Waals surface area (Å²) in [5, 5.41) is 3.26. The lowest BCUT2D eigenvalue weighted by Crippen LogP contribution is -2.38. The van der Waals surface area contributed by atoms with Crippen molar-refractivity contribution >= 4 is 8.32 Å². The van der Waals surface area contributed by atoms with Crippen LogP contribution in [0.4, 0.5) is 0 Å². The summed E-state index contributed by atoms with van der Waals surface area (Å²) in [5.74, 6) is 0. The molecule has 0 saturated carbocycles. The zero-order valence-corrected chi connectivity index (χ0v) is 13.5. The molecule has 0 unspecified atom stereocenters. The summed E-state index contributed by atoms with van der Waals surface area (Å²) in [7, 11) is 0.632. The normalized spacial score (nSPS) is 12.0. The third-order valence-corrected chi connectivity index (χ3v) is 8.28. The van der Waals surface area contributed by atoms with Crippen molar-refractivity contribution in [2.45, 2.75) is 71.0 Å². The second-order valence-electron chi connectivity index (χ2n) is 5.09. The predicted octanol–water partition coefficient (Wildman–Crippen LogP) is 4.18. The number of nitrogens with one attached hydrogen (secondary N) is 1. The van der Waals surface area contributed by atoms with E-state index >= 15 is 0 Å². The molecule has 0 aromatic rings. The molecule has 1 N–H and O–H groups in total. The molecule has 0 fully saturated rings. The summed E-state index contributed by atoms with van der Waals surface area (Å²) in [6.45, 7) is 8.99. The molecule has 0 atom stereocenters. The Bertz CT molecular complexity index is 146. The number of unbranched alkanes of at least 4 members (excludes halogenated alkanes) is 1. The van der Waals surface area contributed by atoms with E-state index in [9.17, 15) is 0 Å². The third kappa shape index (κ3) is 7.95. The lowest BCUT2D eigenvalue weighted by Gasteiger charge is -2.31. The van der Waals surface area contributed by atoms with E-state index < -0.39 is 8.32 Å². The van der Waals surface area contributed by atoms with Crippen molar-refractivity contribution < 1.29 is 4.43 Å². The quantitative estimate of drug-likeness (QED) is 0.419. The Morgan fingerprint density at radius 2 is 1.53 bits per heavy atom. The highest BCUT2D eigenvalue weighted by atomic mass is 28.4. The summed E-state index contributed by atoms with van der Waals surface area (Å²) in [6.07, 6.45) is 6.35. The molecule has 0 aromatic carbocycles. The Morgan fingerprint density at radius 3 is 2.00 bits per heavy atom. The van der Waals surface area contributed by atoms with Gasteiger partial charge in [0, 0.05) is 6.61 Å². The summed E-state index contributed by atoms with van der Waals surface area (Å²) < 4.78 is 6.41. The molecule has 0 saturated heterocycles. The van der Waals surface area contributed by atoms with Crippen LogP contribution in [0.2, 0.25) is 18.1 Å². The fourth-order valence-corrected chi connectivity index (χ4v) is 6.93. The molecule has 0 aromatic heterocycles. The maximum Gasteiger partial charge on any atom is 0.192 e. The lowest BCUT2D eigenvalue weighted by atomic mass is 10.4. The van der Waals surface area contributed by atoms with Crippen LogP contribution in [-0.4, -0.2) is 28.5 Å². The minimum Gasteiger partial charge on any atom is -0.417 e. The first-order valence-corrected chi connectivity index (χ1v) is 10.1. The van der Waals surface area contributed by atoms with Crippen LogP contribution in [0.3, 0.4) is 0 Å². The van der Waals surface area contributed by atoms with Gasteiger partial charge in [0.25, 0.3) is 0 Å². The largest absolute Gasteiger partial charge is 0.417 e. The molecule has 0 radical (unpaired) electrons. The van der Waals surface area contributed by atoms with Crippen LogP contribution < -0.4 is 5.32 Å². The van der Waals surface area contributed by atoms with Gasteiger partial charge < -0.3 is 9.74 Å². The van der Waals surface area contributed by atoms with E-state index in [0.29, 0.717) is 0 Å². The van der Waals surface area contributed by atoms with E-state index in [-0.39, 0.29) is 0 Å². The van der Waals surface area contributed by atoms with Crippen LogP contribution in [0.5, 0.6) is 0 Å². The molecule has 0 amide bonds. The van der Waals surface area contributed by atoms with Crippen molar-refractivity contribution in [2.75, 3.05) is 20.2 Å². The van der Waals surface area contributed by atoms with Gasteiger partial charge in [-0.05, 0) is 44.6 Å². The van der Waals surface area contributed by atoms with Crippen molar-refractivity contribution in [1.29, 1.82) is 0 Å². The molecule has 17 heavy (non-hydrogen) atoms. The smallest absolute Gasteiger partial charge is 0.192 e. The second-order valence-corrected chi connectivity index (χ2v) is 9.25. The molecular weight excluding hydrogens is 226 g/mol. The summed E-state index contributed by atoms with van der Waals surface area (Å²) in [6, 6.07) is 4.06. The maximum absolute atomic E-state index is 6.41. The number of hydrogen-bond acceptors (Lipinski definition) is 2. The van der Waals surface area contributed by atoms with E-state index in [1.54, 1.807) is 0 Å². The Labute approximate surface area is 110 Å². The zero-order chi connectivity index (χ0) is 13.0. The molecule has 0 heterocycles. The molecule has 0 spiro atoms. The highest BCUT2D eigenvalue weighted by Crippen LogP contribution is 2.27. The van der Waals surface area contributed by atoms with Gasteiger partial charge in [0.15, 0.2) is 8.32 Å². The molecular formula is C14H33NOSi. The SMILES string of the molecule is CCCCO[Si](CCC)(CCC)CCCNC. The Kier molecular flexibility index (Phi) is 11.3. The first-order valence-electron chi connectivity index (χ1n) is 7.53. The van der Waals surface area contributed by atoms with E-state index in [0.717, 1.165) is 13.2 Å². The van der Waals surface area contributed by atoms with Crippen molar-refractivity contribution in [2.24, 2.45) is 0 Å². The Morgan fingerprint density at radius 1 is 0.882 bits per heavy atom. The van der Waals surface area contributed by atoms with Crippen LogP contribution in [0.15, 0.2) is 0 Å². The predicted molar refractivity (Wildman–Crippen MR) is 80.2 cm³/mol. The average molecular weight is 260 g/mol. The molecule has 0 bridgehead atoms. The standard InChI is InChI=1S/C14H33NOSi/c1-5-8-11-16-17(12-6-2,13-7-3)14-9-10-15-4/h15H,5-14H2,1-4H3. The van der Waals surface area contributed by atoms with E-state index in [2.05, 4.69) is 26.1 Å². The van der Waals surface area contributed by atoms with Crippen LogP contribution in [0.1, 0.15) is 52.9 Å². The van der Waals surface area contributed by atoms with Crippen molar-refractivity contribution in [3.05, 3.63) is 0 Å². The molecule has 0 aliphatic carbocycles. The summed E-state index contributed by atoms with van der Waals surface area (Å²) in [5.41, 5.74) is 0. The molecule has 0 rings (SSSR count). The van der Waals surface area contributed by atoms with Gasteiger partial charge in [-0.3, -0.25) is 0 Å². The van der Waals surface area contributed by atoms with Gasteiger partial charge in [-0.15, -0.1) is 0 Å². The highest BCUT2D eigenvalue weighted by Gasteiger charge is 2.32. The van der Waals surface area contributed by atoms with Crippen LogP contribution in [-0.2, 0) is 4.43 Å². The summed E-state index contributed by atoms with van der Waals surface area (Å²) >= 11 is 0. The molecule has 2 nitrogen and oxygen atoms in total. The Hall–Kier alpha value is 0.137. The van der Waals surface area contributed by atoms with Crippen molar-refractivity contribution in [1.82, 2.24) is 5.32 Å². The molecule has 0 aliphatic heterocycles. The topological polar surface area (TPSA) is 21.3 Å². The molecule has 3 heteroatoms. The van der Waals surface area contributed by atoms with Gasteiger partial charge in [0.1, 0.15) is 0 Å². The Balaban J connectivity index is 4.25. The van der Waals surface area contributed by atoms with Gasteiger partial charge in [0.2, 0.25) is 0 Å². The fourth-order valence-electron chi connectivity index (χ4n) is 2.52. The second kappa shape index (κ2) is 11.2. The van der Waals surface area contributed by atoms with Gasteiger partial charge in [-0.2, -0.15) is 0 Å². The van der Waals surface area contributed by atoms with E-state index in [1.807, 2.05) is 7.05 Å². The van der Waals surface area contributed by atoms with Crippen molar-refractivity contribution in [3.63, 3.8) is 0 Å². The van der Waals surface area contributed by atoms with Crippen LogP contribution in [0, 0.1) is 0 Å². The van der Waals surface area contributed by atoms with E-state index in [1.165, 1.54) is 50.2 Å². The van der Waals surface area contributed by atoms with Gasteiger partial charge in [-0.25, -0.2) is 0 Å². The van der Waals surface area contributed by atoms with Gasteiger partial charge in [0.05, 0.1) is 0 Å². The lowest BCUT2D eigenvalue weighted by molar-refractivity contribution is 0.287. The van der Waals surface area contributed by atoms with Crippen LogP contribution >= 0.6 is 0 Å². The minimum absolute atomic E-state index is 1.00. The summed E-state index contributed by atoms with van der Waals surface area (Å²) in [4.78, 5) is 0. The van der Waals surface area contributed by atoms with E-state index in [4.69, 9.17) is 4.43 Å². The average Bonchev–Trinajstić information content (AvgIpc) is 2.30. The third-order valence-electron chi connectivity index (χ3n) is 3.38. The molecule has 104 valence electrons. The minimum atomic E-state index is -1.41. The number of rotatable bonds is 12. The van der Waals surface area contributed by atoms with Crippen LogP contribution in [0.25, 0.3) is 0 Å². The molecule has 0 aliphatic rings. The van der Waals surface area contributed by atoms with Gasteiger partial charge >= 0.3 is 0 Å². The maximum atomic E-state index is 6.41. The van der Waals surface area contributed by atoms with Crippen molar-refractivity contribution in [3.8, 4) is 0 Å². The highest BCUT2D eigenvalue weighted by molar-refractivity contribution is 6.73. The zero-order valence-electron chi connectivity index (χ0n) is 12.5. The fraction of sp³-hybridized carbons (Fsp3) is 1.00. The monoisotopic (exact) mass is 259 g/mol. The first kappa shape index (κ1) is 17.1. The number of hydrogen-bond donors (Lipinski definition) is 1. The van der Waals surface area contributed by atoms with Gasteiger partial charge in [-0.1, -0.05) is 40.0 Å². The first-order chi connectivity index (χ1) is 8.24.